The first-order valence-electron chi connectivity index (χ1n) is 5.60. The average Bonchev–Trinajstić information content (AvgIpc) is 2.38. The van der Waals surface area contributed by atoms with E-state index in [1.54, 1.807) is 36.4 Å². The van der Waals surface area contributed by atoms with Gasteiger partial charge in [0.1, 0.15) is 5.82 Å². The first-order chi connectivity index (χ1) is 8.99. The van der Waals surface area contributed by atoms with E-state index in [4.69, 9.17) is 10.8 Å². The van der Waals surface area contributed by atoms with Crippen LogP contribution in [-0.4, -0.2) is 21.8 Å². The van der Waals surface area contributed by atoms with Gasteiger partial charge in [-0.15, -0.1) is 0 Å². The van der Waals surface area contributed by atoms with Crippen molar-refractivity contribution in [3.8, 4) is 11.1 Å². The zero-order valence-electron chi connectivity index (χ0n) is 10.3. The summed E-state index contributed by atoms with van der Waals surface area (Å²) < 4.78 is 0. The number of aromatic carboxylic acids is 1. The molecule has 3 N–H and O–H groups in total. The molecule has 5 heteroatoms. The van der Waals surface area contributed by atoms with Gasteiger partial charge in [0.15, 0.2) is 11.5 Å². The number of nitrogen functional groups attached to an aromatic ring is 1. The van der Waals surface area contributed by atoms with Crippen LogP contribution in [0, 0.1) is 0 Å². The van der Waals surface area contributed by atoms with E-state index in [2.05, 4.69) is 4.98 Å². The maximum Gasteiger partial charge on any atom is 0.355 e. The summed E-state index contributed by atoms with van der Waals surface area (Å²) in [4.78, 5) is 26.2. The minimum Gasteiger partial charge on any atom is -0.476 e. The average molecular weight is 256 g/mol. The molecule has 0 aliphatic rings. The highest BCUT2D eigenvalue weighted by Crippen LogP contribution is 2.24. The Morgan fingerprint density at radius 2 is 1.74 bits per heavy atom. The predicted molar refractivity (Wildman–Crippen MR) is 71.0 cm³/mol. The number of benzene rings is 1. The van der Waals surface area contributed by atoms with Crippen LogP contribution in [0.25, 0.3) is 11.1 Å². The number of hydrogen-bond donors (Lipinski definition) is 2. The highest BCUT2D eigenvalue weighted by molar-refractivity contribution is 5.96. The van der Waals surface area contributed by atoms with Crippen LogP contribution in [-0.2, 0) is 0 Å². The Morgan fingerprint density at radius 3 is 2.26 bits per heavy atom. The summed E-state index contributed by atoms with van der Waals surface area (Å²) in [6.45, 7) is 1.47. The molecule has 0 fully saturated rings. The molecule has 0 amide bonds. The number of carboxylic acids is 1. The topological polar surface area (TPSA) is 93.3 Å². The summed E-state index contributed by atoms with van der Waals surface area (Å²) in [6, 6.07) is 9.83. The first-order valence-corrected chi connectivity index (χ1v) is 5.60. The number of anilines is 1. The summed E-state index contributed by atoms with van der Waals surface area (Å²) in [5.74, 6) is -1.03. The first kappa shape index (κ1) is 12.8. The number of hydrogen-bond acceptors (Lipinski definition) is 4. The quantitative estimate of drug-likeness (QED) is 0.821. The Labute approximate surface area is 109 Å². The van der Waals surface area contributed by atoms with E-state index >= 15 is 0 Å². The third-order valence-electron chi connectivity index (χ3n) is 2.72. The van der Waals surface area contributed by atoms with Gasteiger partial charge in [0.2, 0.25) is 0 Å². The maximum atomic E-state index is 11.2. The van der Waals surface area contributed by atoms with Crippen molar-refractivity contribution >= 4 is 17.6 Å². The molecule has 1 aromatic heterocycles. The number of carbonyl (C=O) groups is 2. The number of aromatic nitrogens is 1. The molecule has 0 unspecified atom stereocenters. The van der Waals surface area contributed by atoms with Crippen molar-refractivity contribution in [3.63, 3.8) is 0 Å². The van der Waals surface area contributed by atoms with Crippen LogP contribution < -0.4 is 5.73 Å². The smallest absolute Gasteiger partial charge is 0.355 e. The van der Waals surface area contributed by atoms with Crippen molar-refractivity contribution in [1.29, 1.82) is 0 Å². The summed E-state index contributed by atoms with van der Waals surface area (Å²) >= 11 is 0. The summed E-state index contributed by atoms with van der Waals surface area (Å²) in [7, 11) is 0. The third kappa shape index (κ3) is 2.60. The number of Topliss-reactive ketones (excluding diaryl/α,β-unsaturated/α-hetero) is 1. The number of carboxylic acid groups (broad SMARTS) is 1. The van der Waals surface area contributed by atoms with Crippen LogP contribution in [0.4, 0.5) is 5.82 Å². The van der Waals surface area contributed by atoms with Crippen molar-refractivity contribution in [2.45, 2.75) is 6.92 Å². The number of carbonyl (C=O) groups excluding carboxylic acids is 1. The Hall–Kier alpha value is -2.69. The molecule has 1 heterocycles. The fourth-order valence-corrected chi connectivity index (χ4v) is 1.75. The molecular weight excluding hydrogens is 244 g/mol. The van der Waals surface area contributed by atoms with Crippen molar-refractivity contribution in [2.24, 2.45) is 0 Å². The molecule has 0 radical (unpaired) electrons. The van der Waals surface area contributed by atoms with Gasteiger partial charge < -0.3 is 10.8 Å². The molecular formula is C14H12N2O3. The molecule has 0 saturated heterocycles. The molecule has 96 valence electrons. The van der Waals surface area contributed by atoms with Crippen LogP contribution in [0.1, 0.15) is 27.8 Å². The lowest BCUT2D eigenvalue weighted by molar-refractivity contribution is 0.0691. The minimum absolute atomic E-state index is 0.0413. The van der Waals surface area contributed by atoms with Crippen molar-refractivity contribution in [1.82, 2.24) is 4.98 Å². The highest BCUT2D eigenvalue weighted by Gasteiger charge is 2.14. The summed E-state index contributed by atoms with van der Waals surface area (Å²) in [5, 5.41) is 9.12. The maximum absolute atomic E-state index is 11.2. The number of nitrogens with zero attached hydrogens (tertiary/aromatic N) is 1. The normalized spacial score (nSPS) is 10.2. The molecule has 0 aliphatic carbocycles. The Balaban J connectivity index is 2.52. The van der Waals surface area contributed by atoms with Gasteiger partial charge in [-0.2, -0.15) is 0 Å². The number of rotatable bonds is 3. The van der Waals surface area contributed by atoms with Gasteiger partial charge >= 0.3 is 5.97 Å². The Kier molecular flexibility index (Phi) is 3.29. The van der Waals surface area contributed by atoms with Crippen molar-refractivity contribution in [3.05, 3.63) is 47.7 Å². The van der Waals surface area contributed by atoms with Gasteiger partial charge in [-0.05, 0) is 24.6 Å². The number of ketones is 1. The largest absolute Gasteiger partial charge is 0.476 e. The molecule has 0 bridgehead atoms. The predicted octanol–water partition coefficient (Wildman–Crippen LogP) is 2.23. The highest BCUT2D eigenvalue weighted by atomic mass is 16.4. The molecule has 0 saturated carbocycles. The summed E-state index contributed by atoms with van der Waals surface area (Å²) in [5.41, 5.74) is 7.11. The van der Waals surface area contributed by atoms with Gasteiger partial charge in [-0.1, -0.05) is 24.3 Å². The van der Waals surface area contributed by atoms with Gasteiger partial charge in [0, 0.05) is 11.1 Å². The fraction of sp³-hybridized carbons (Fsp3) is 0.0714. The second-order valence-electron chi connectivity index (χ2n) is 4.07. The molecule has 0 aliphatic heterocycles. The van der Waals surface area contributed by atoms with E-state index in [0.717, 1.165) is 0 Å². The van der Waals surface area contributed by atoms with Gasteiger partial charge in [-0.3, -0.25) is 4.79 Å². The van der Waals surface area contributed by atoms with Gasteiger partial charge in [-0.25, -0.2) is 9.78 Å². The number of nitrogens with two attached hydrogens (primary N) is 1. The van der Waals surface area contributed by atoms with Crippen molar-refractivity contribution in [2.75, 3.05) is 5.73 Å². The Morgan fingerprint density at radius 1 is 1.11 bits per heavy atom. The van der Waals surface area contributed by atoms with E-state index in [1.165, 1.54) is 6.92 Å². The van der Waals surface area contributed by atoms with Gasteiger partial charge in [0.05, 0.1) is 0 Å². The molecule has 19 heavy (non-hydrogen) atoms. The van der Waals surface area contributed by atoms with Crippen LogP contribution >= 0.6 is 0 Å². The second kappa shape index (κ2) is 4.89. The minimum atomic E-state index is -1.14. The molecule has 0 atom stereocenters. The number of pyridine rings is 1. The zero-order valence-corrected chi connectivity index (χ0v) is 10.3. The molecule has 0 spiro atoms. The van der Waals surface area contributed by atoms with E-state index < -0.39 is 5.97 Å². The van der Waals surface area contributed by atoms with Crippen LogP contribution in [0.15, 0.2) is 36.4 Å². The lowest BCUT2D eigenvalue weighted by atomic mass is 10.0. The van der Waals surface area contributed by atoms with Gasteiger partial charge in [0.25, 0.3) is 0 Å². The SMILES string of the molecule is CC(=O)c1ccc(-c2ccc(N)nc2C(=O)O)cc1. The van der Waals surface area contributed by atoms with E-state index in [1.807, 2.05) is 0 Å². The fourth-order valence-electron chi connectivity index (χ4n) is 1.75. The zero-order chi connectivity index (χ0) is 14.0. The lowest BCUT2D eigenvalue weighted by Gasteiger charge is -2.07. The third-order valence-corrected chi connectivity index (χ3v) is 2.72. The monoisotopic (exact) mass is 256 g/mol. The molecule has 5 nitrogen and oxygen atoms in total. The summed E-state index contributed by atoms with van der Waals surface area (Å²) in [6.07, 6.45) is 0. The van der Waals surface area contributed by atoms with Crippen LogP contribution in [0.3, 0.4) is 0 Å². The lowest BCUT2D eigenvalue weighted by Crippen LogP contribution is -2.05. The van der Waals surface area contributed by atoms with Crippen molar-refractivity contribution < 1.29 is 14.7 Å². The van der Waals surface area contributed by atoms with E-state index in [9.17, 15) is 9.59 Å². The van der Waals surface area contributed by atoms with E-state index in [0.29, 0.717) is 16.7 Å². The molecule has 1 aromatic carbocycles. The molecule has 2 aromatic rings. The van der Waals surface area contributed by atoms with Crippen LogP contribution in [0.2, 0.25) is 0 Å². The Bertz CT molecular complexity index is 648. The standard InChI is InChI=1S/C14H12N2O3/c1-8(17)9-2-4-10(5-3-9)11-6-7-12(15)16-13(11)14(18)19/h2-7H,1H3,(H2,15,16)(H,18,19). The van der Waals surface area contributed by atoms with Crippen LogP contribution in [0.5, 0.6) is 0 Å². The molecule has 2 rings (SSSR count). The van der Waals surface area contributed by atoms with E-state index in [-0.39, 0.29) is 17.3 Å². The second-order valence-corrected chi connectivity index (χ2v) is 4.07.